The molecular weight excluding hydrogens is 218 g/mol. The van der Waals surface area contributed by atoms with Gasteiger partial charge in [-0.15, -0.1) is 11.3 Å². The number of hydrogen-bond donors (Lipinski definition) is 1. The number of hydrogen-bond acceptors (Lipinski definition) is 3. The summed E-state index contributed by atoms with van der Waals surface area (Å²) in [7, 11) is 0. The van der Waals surface area contributed by atoms with Crippen LogP contribution in [0.15, 0.2) is 12.1 Å². The normalized spacial score (nSPS) is 25.3. The van der Waals surface area contributed by atoms with Crippen molar-refractivity contribution in [1.29, 1.82) is 0 Å². The lowest BCUT2D eigenvalue weighted by atomic mass is 9.95. The topological polar surface area (TPSA) is 21.3 Å². The molecule has 0 radical (unpaired) electrons. The summed E-state index contributed by atoms with van der Waals surface area (Å²) in [5.41, 5.74) is 0.250. The van der Waals surface area contributed by atoms with Crippen LogP contribution in [-0.2, 0) is 11.2 Å². The summed E-state index contributed by atoms with van der Waals surface area (Å²) in [4.78, 5) is 2.81. The molecule has 1 saturated heterocycles. The van der Waals surface area contributed by atoms with Crippen LogP contribution in [0.3, 0.4) is 0 Å². The van der Waals surface area contributed by atoms with E-state index < -0.39 is 0 Å². The highest BCUT2D eigenvalue weighted by Crippen LogP contribution is 2.29. The van der Waals surface area contributed by atoms with Crippen LogP contribution < -0.4 is 5.32 Å². The molecule has 3 heteroatoms. The van der Waals surface area contributed by atoms with Gasteiger partial charge in [-0.3, -0.25) is 0 Å². The van der Waals surface area contributed by atoms with Crippen molar-refractivity contribution >= 4 is 11.3 Å². The Balaban J connectivity index is 2.04. The Hall–Kier alpha value is -0.380. The van der Waals surface area contributed by atoms with E-state index in [2.05, 4.69) is 38.2 Å². The molecule has 0 amide bonds. The molecule has 0 aromatic carbocycles. The summed E-state index contributed by atoms with van der Waals surface area (Å²) < 4.78 is 6.01. The Morgan fingerprint density at radius 2 is 2.31 bits per heavy atom. The van der Waals surface area contributed by atoms with Crippen LogP contribution in [0.25, 0.3) is 0 Å². The zero-order valence-corrected chi connectivity index (χ0v) is 11.2. The van der Waals surface area contributed by atoms with Gasteiger partial charge in [0.2, 0.25) is 0 Å². The smallest absolute Gasteiger partial charge is 0.104 e. The SMILES string of the molecule is CCc1ccc(C2CNCC(C)(C)CO2)s1. The minimum Gasteiger partial charge on any atom is -0.371 e. The van der Waals surface area contributed by atoms with Gasteiger partial charge in [-0.25, -0.2) is 0 Å². The molecule has 2 rings (SSSR count). The van der Waals surface area contributed by atoms with E-state index in [1.54, 1.807) is 0 Å². The third kappa shape index (κ3) is 2.84. The van der Waals surface area contributed by atoms with Crippen LogP contribution in [-0.4, -0.2) is 19.7 Å². The average Bonchev–Trinajstić information content (AvgIpc) is 2.64. The molecule has 16 heavy (non-hydrogen) atoms. The number of thiophene rings is 1. The largest absolute Gasteiger partial charge is 0.371 e. The first-order valence-electron chi connectivity index (χ1n) is 6.02. The maximum absolute atomic E-state index is 6.01. The number of nitrogens with one attached hydrogen (secondary N) is 1. The highest BCUT2D eigenvalue weighted by molar-refractivity contribution is 7.12. The van der Waals surface area contributed by atoms with E-state index in [0.29, 0.717) is 0 Å². The lowest BCUT2D eigenvalue weighted by molar-refractivity contribution is 0.0279. The molecule has 1 fully saturated rings. The average molecular weight is 239 g/mol. The second-order valence-corrected chi connectivity index (χ2v) is 6.45. The fourth-order valence-electron chi connectivity index (χ4n) is 1.92. The van der Waals surface area contributed by atoms with E-state index in [1.807, 2.05) is 11.3 Å². The van der Waals surface area contributed by atoms with Crippen molar-refractivity contribution in [1.82, 2.24) is 5.32 Å². The Labute approximate surface area is 102 Å². The Kier molecular flexibility index (Phi) is 3.67. The van der Waals surface area contributed by atoms with E-state index in [4.69, 9.17) is 4.74 Å². The van der Waals surface area contributed by atoms with Crippen molar-refractivity contribution in [3.05, 3.63) is 21.9 Å². The predicted molar refractivity (Wildman–Crippen MR) is 69.0 cm³/mol. The number of ether oxygens (including phenoxy) is 1. The second kappa shape index (κ2) is 4.86. The van der Waals surface area contributed by atoms with Gasteiger partial charge in [-0.1, -0.05) is 20.8 Å². The van der Waals surface area contributed by atoms with E-state index in [1.165, 1.54) is 9.75 Å². The molecule has 1 aromatic rings. The minimum atomic E-state index is 0.243. The number of aryl methyl sites for hydroxylation is 1. The van der Waals surface area contributed by atoms with Gasteiger partial charge in [0, 0.05) is 28.3 Å². The zero-order valence-electron chi connectivity index (χ0n) is 10.4. The van der Waals surface area contributed by atoms with Crippen LogP contribution in [0.1, 0.15) is 36.6 Å². The lowest BCUT2D eigenvalue weighted by Crippen LogP contribution is -2.29. The number of rotatable bonds is 2. The summed E-state index contributed by atoms with van der Waals surface area (Å²) in [6.45, 7) is 9.50. The molecule has 1 aromatic heterocycles. The standard InChI is InChI=1S/C13H21NOS/c1-4-10-5-6-12(16-10)11-7-14-8-13(2,3)9-15-11/h5-6,11,14H,4,7-9H2,1-3H3. The van der Waals surface area contributed by atoms with Crippen LogP contribution >= 0.6 is 11.3 Å². The van der Waals surface area contributed by atoms with Crippen molar-refractivity contribution in [3.63, 3.8) is 0 Å². The molecule has 1 aliphatic heterocycles. The monoisotopic (exact) mass is 239 g/mol. The molecule has 1 N–H and O–H groups in total. The van der Waals surface area contributed by atoms with E-state index in [9.17, 15) is 0 Å². The molecule has 1 atom stereocenters. The fraction of sp³-hybridized carbons (Fsp3) is 0.692. The van der Waals surface area contributed by atoms with Gasteiger partial charge in [0.05, 0.1) is 6.61 Å². The summed E-state index contributed by atoms with van der Waals surface area (Å²) >= 11 is 1.88. The minimum absolute atomic E-state index is 0.243. The van der Waals surface area contributed by atoms with Crippen LogP contribution in [0.2, 0.25) is 0 Å². The summed E-state index contributed by atoms with van der Waals surface area (Å²) in [5, 5.41) is 3.50. The zero-order chi connectivity index (χ0) is 11.6. The first-order valence-corrected chi connectivity index (χ1v) is 6.83. The Morgan fingerprint density at radius 1 is 1.50 bits per heavy atom. The Morgan fingerprint density at radius 3 is 3.00 bits per heavy atom. The predicted octanol–water partition coefficient (Wildman–Crippen LogP) is 3.00. The molecule has 0 aliphatic carbocycles. The first-order chi connectivity index (χ1) is 7.61. The maximum Gasteiger partial charge on any atom is 0.104 e. The van der Waals surface area contributed by atoms with Crippen molar-refractivity contribution < 1.29 is 4.74 Å². The van der Waals surface area contributed by atoms with Gasteiger partial charge in [0.1, 0.15) is 6.10 Å². The quantitative estimate of drug-likeness (QED) is 0.856. The fourth-order valence-corrected chi connectivity index (χ4v) is 2.92. The summed E-state index contributed by atoms with van der Waals surface area (Å²) in [6, 6.07) is 4.44. The molecular formula is C13H21NOS. The van der Waals surface area contributed by atoms with E-state index in [0.717, 1.165) is 26.1 Å². The van der Waals surface area contributed by atoms with E-state index >= 15 is 0 Å². The van der Waals surface area contributed by atoms with E-state index in [-0.39, 0.29) is 11.5 Å². The van der Waals surface area contributed by atoms with Gasteiger partial charge >= 0.3 is 0 Å². The third-order valence-electron chi connectivity index (χ3n) is 2.96. The van der Waals surface area contributed by atoms with Gasteiger partial charge in [-0.05, 0) is 18.6 Å². The van der Waals surface area contributed by atoms with Gasteiger partial charge in [-0.2, -0.15) is 0 Å². The van der Waals surface area contributed by atoms with Gasteiger partial charge in [0.25, 0.3) is 0 Å². The lowest BCUT2D eigenvalue weighted by Gasteiger charge is -2.21. The first kappa shape index (κ1) is 12.1. The maximum atomic E-state index is 6.01. The van der Waals surface area contributed by atoms with Gasteiger partial charge < -0.3 is 10.1 Å². The molecule has 0 saturated carbocycles. The Bertz CT molecular complexity index is 345. The van der Waals surface area contributed by atoms with Crippen LogP contribution in [0.5, 0.6) is 0 Å². The molecule has 2 nitrogen and oxygen atoms in total. The molecule has 0 spiro atoms. The van der Waals surface area contributed by atoms with Crippen molar-refractivity contribution in [2.75, 3.05) is 19.7 Å². The van der Waals surface area contributed by atoms with Crippen molar-refractivity contribution in [2.45, 2.75) is 33.3 Å². The van der Waals surface area contributed by atoms with Crippen LogP contribution in [0, 0.1) is 5.41 Å². The highest BCUT2D eigenvalue weighted by atomic mass is 32.1. The van der Waals surface area contributed by atoms with Crippen molar-refractivity contribution in [3.8, 4) is 0 Å². The van der Waals surface area contributed by atoms with Gasteiger partial charge in [0.15, 0.2) is 0 Å². The molecule has 0 bridgehead atoms. The van der Waals surface area contributed by atoms with Crippen molar-refractivity contribution in [2.24, 2.45) is 5.41 Å². The second-order valence-electron chi connectivity index (χ2n) is 5.25. The molecule has 1 aliphatic rings. The summed E-state index contributed by atoms with van der Waals surface area (Å²) in [6.07, 6.45) is 1.36. The third-order valence-corrected chi connectivity index (χ3v) is 4.28. The molecule has 90 valence electrons. The molecule has 2 heterocycles. The summed E-state index contributed by atoms with van der Waals surface area (Å²) in [5.74, 6) is 0. The highest BCUT2D eigenvalue weighted by Gasteiger charge is 2.26. The molecule has 1 unspecified atom stereocenters. The van der Waals surface area contributed by atoms with Crippen LogP contribution in [0.4, 0.5) is 0 Å².